The fourth-order valence-corrected chi connectivity index (χ4v) is 3.18. The van der Waals surface area contributed by atoms with Gasteiger partial charge < -0.3 is 14.9 Å². The van der Waals surface area contributed by atoms with E-state index in [9.17, 15) is 0 Å². The monoisotopic (exact) mass is 485 g/mol. The normalized spacial score (nSPS) is 13.0. The van der Waals surface area contributed by atoms with Gasteiger partial charge in [0.25, 0.3) is 0 Å². The number of oxime groups is 1. The first-order valence-electron chi connectivity index (χ1n) is 8.43. The fraction of sp³-hybridized carbons (Fsp3) is 0.421. The molecule has 0 fully saturated rings. The molecule has 1 N–H and O–H groups in total. The zero-order chi connectivity index (χ0) is 19.3. The molecule has 140 valence electrons. The van der Waals surface area contributed by atoms with Crippen molar-refractivity contribution < 1.29 is 9.57 Å². The summed E-state index contributed by atoms with van der Waals surface area (Å²) in [4.78, 5) is 10.1. The molecule has 5 nitrogen and oxygen atoms in total. The van der Waals surface area contributed by atoms with E-state index in [1.165, 1.54) is 0 Å². The zero-order valence-electron chi connectivity index (χ0n) is 15.7. The molecule has 2 rings (SSSR count). The maximum atomic E-state index is 6.07. The molecule has 26 heavy (non-hydrogen) atoms. The molecule has 0 bridgehead atoms. The Bertz CT molecular complexity index is 824. The van der Waals surface area contributed by atoms with Crippen LogP contribution in [0, 0.1) is 10.5 Å². The Labute approximate surface area is 173 Å². The van der Waals surface area contributed by atoms with Gasteiger partial charge in [-0.3, -0.25) is 4.98 Å². The number of ether oxygens (including phenoxy) is 1. The van der Waals surface area contributed by atoms with E-state index in [-0.39, 0.29) is 6.10 Å². The van der Waals surface area contributed by atoms with Crippen LogP contribution in [0.25, 0.3) is 10.9 Å². The van der Waals surface area contributed by atoms with E-state index in [0.29, 0.717) is 11.6 Å². The van der Waals surface area contributed by atoms with Crippen LogP contribution in [0.5, 0.6) is 5.75 Å². The number of thiocarbonyl (C=S) groups is 1. The highest BCUT2D eigenvalue weighted by molar-refractivity contribution is 14.1. The van der Waals surface area contributed by atoms with Crippen molar-refractivity contribution in [2.75, 3.05) is 6.61 Å². The van der Waals surface area contributed by atoms with E-state index in [2.05, 4.69) is 44.1 Å². The lowest BCUT2D eigenvalue weighted by molar-refractivity contribution is 0.158. The van der Waals surface area contributed by atoms with Crippen molar-refractivity contribution in [2.24, 2.45) is 5.16 Å². The van der Waals surface area contributed by atoms with Gasteiger partial charge in [-0.15, -0.1) is 0 Å². The van der Waals surface area contributed by atoms with Gasteiger partial charge in [-0.25, -0.2) is 0 Å². The summed E-state index contributed by atoms with van der Waals surface area (Å²) in [7, 11) is 0. The Morgan fingerprint density at radius 1 is 1.42 bits per heavy atom. The van der Waals surface area contributed by atoms with Crippen molar-refractivity contribution in [3.8, 4) is 5.75 Å². The predicted octanol–water partition coefficient (Wildman–Crippen LogP) is 4.63. The molecule has 1 aromatic carbocycles. The van der Waals surface area contributed by atoms with Crippen LogP contribution in [-0.2, 0) is 4.84 Å². The highest BCUT2D eigenvalue weighted by Crippen LogP contribution is 2.25. The van der Waals surface area contributed by atoms with Gasteiger partial charge >= 0.3 is 0 Å². The topological polar surface area (TPSA) is 55.7 Å². The summed E-state index contributed by atoms with van der Waals surface area (Å²) in [5.41, 5.74) is 1.63. The van der Waals surface area contributed by atoms with Gasteiger partial charge in [0.1, 0.15) is 23.4 Å². The minimum atomic E-state index is -0.427. The minimum absolute atomic E-state index is 0.280. The van der Waals surface area contributed by atoms with Gasteiger partial charge in [0.15, 0.2) is 0 Å². The molecule has 7 heteroatoms. The van der Waals surface area contributed by atoms with Crippen LogP contribution in [0.2, 0.25) is 0 Å². The molecule has 1 unspecified atom stereocenters. The fourth-order valence-electron chi connectivity index (χ4n) is 2.39. The second-order valence-corrected chi connectivity index (χ2v) is 8.27. The molecule has 0 amide bonds. The van der Waals surface area contributed by atoms with Crippen molar-refractivity contribution in [1.29, 1.82) is 0 Å². The van der Waals surface area contributed by atoms with E-state index >= 15 is 0 Å². The quantitative estimate of drug-likeness (QED) is 0.268. The number of benzene rings is 1. The molecular weight excluding hydrogens is 461 g/mol. The van der Waals surface area contributed by atoms with E-state index in [1.807, 2.05) is 52.9 Å². The zero-order valence-corrected chi connectivity index (χ0v) is 18.6. The van der Waals surface area contributed by atoms with Crippen LogP contribution in [0.1, 0.15) is 33.3 Å². The second-order valence-electron chi connectivity index (χ2n) is 6.59. The molecule has 0 aliphatic carbocycles. The third-order valence-corrected chi connectivity index (χ3v) is 4.64. The maximum absolute atomic E-state index is 6.07. The van der Waals surface area contributed by atoms with Crippen LogP contribution < -0.4 is 10.1 Å². The molecule has 0 spiro atoms. The average Bonchev–Trinajstić information content (AvgIpc) is 2.54. The first-order chi connectivity index (χ1) is 12.2. The predicted molar refractivity (Wildman–Crippen MR) is 119 cm³/mol. The van der Waals surface area contributed by atoms with Crippen molar-refractivity contribution in [3.63, 3.8) is 0 Å². The Morgan fingerprint density at radius 2 is 2.15 bits per heavy atom. The van der Waals surface area contributed by atoms with Crippen LogP contribution in [0.15, 0.2) is 29.6 Å². The number of hydrogen-bond acceptors (Lipinski definition) is 5. The number of fused-ring (bicyclic) bond motifs is 1. The molecule has 1 atom stereocenters. The third kappa shape index (κ3) is 5.77. The molecule has 0 aliphatic heterocycles. The summed E-state index contributed by atoms with van der Waals surface area (Å²) in [6.07, 6.45) is 3.28. The maximum Gasteiger partial charge on any atom is 0.146 e. The van der Waals surface area contributed by atoms with E-state index in [0.717, 1.165) is 25.8 Å². The lowest BCUT2D eigenvalue weighted by atomic mass is 10.1. The molecule has 2 aromatic rings. The lowest BCUT2D eigenvalue weighted by Gasteiger charge is -2.26. The summed E-state index contributed by atoms with van der Waals surface area (Å²) < 4.78 is 7.16. The molecular formula is C19H24IN3O2S. The van der Waals surface area contributed by atoms with E-state index < -0.39 is 5.54 Å². The smallest absolute Gasteiger partial charge is 0.146 e. The van der Waals surface area contributed by atoms with Gasteiger partial charge in [0, 0.05) is 15.2 Å². The van der Waals surface area contributed by atoms with Crippen molar-refractivity contribution >= 4 is 56.9 Å². The first-order valence-corrected chi connectivity index (χ1v) is 9.91. The SMILES string of the molecule is CCON=CC(C)(C)NC(=S)C(C)Oc1cc(C)c2ncc(I)cc2c1. The lowest BCUT2D eigenvalue weighted by Crippen LogP contribution is -2.48. The van der Waals surface area contributed by atoms with E-state index in [1.54, 1.807) is 6.21 Å². The van der Waals surface area contributed by atoms with Crippen LogP contribution in [0.4, 0.5) is 0 Å². The van der Waals surface area contributed by atoms with Gasteiger partial charge in [0.2, 0.25) is 0 Å². The number of aryl methyl sites for hydroxylation is 1. The largest absolute Gasteiger partial charge is 0.484 e. The number of nitrogens with zero attached hydrogens (tertiary/aromatic N) is 2. The van der Waals surface area contributed by atoms with Crippen molar-refractivity contribution in [1.82, 2.24) is 10.3 Å². The number of nitrogens with one attached hydrogen (secondary N) is 1. The Kier molecular flexibility index (Phi) is 7.16. The summed E-state index contributed by atoms with van der Waals surface area (Å²) in [5, 5.41) is 8.23. The number of halogens is 1. The summed E-state index contributed by atoms with van der Waals surface area (Å²) in [6.45, 7) is 10.3. The standard InChI is InChI=1S/C19H24IN3O2S/c1-6-24-22-11-19(4,5)23-18(26)13(3)25-16-7-12(2)17-14(9-16)8-15(20)10-21-17/h7-11,13H,6H2,1-5H3,(H,23,26). The third-order valence-electron chi connectivity index (χ3n) is 3.62. The summed E-state index contributed by atoms with van der Waals surface area (Å²) in [6, 6.07) is 6.08. The highest BCUT2D eigenvalue weighted by atomic mass is 127. The van der Waals surface area contributed by atoms with Crippen LogP contribution >= 0.6 is 34.8 Å². The second kappa shape index (κ2) is 8.94. The van der Waals surface area contributed by atoms with Gasteiger partial charge in [0.05, 0.1) is 17.3 Å². The van der Waals surface area contributed by atoms with E-state index in [4.69, 9.17) is 21.8 Å². The van der Waals surface area contributed by atoms with Crippen molar-refractivity contribution in [3.05, 3.63) is 33.5 Å². The Hall–Kier alpha value is -1.48. The van der Waals surface area contributed by atoms with Gasteiger partial charge in [-0.2, -0.15) is 0 Å². The van der Waals surface area contributed by atoms with Crippen molar-refractivity contribution in [2.45, 2.75) is 46.3 Å². The molecule has 0 saturated carbocycles. The Morgan fingerprint density at radius 3 is 2.85 bits per heavy atom. The average molecular weight is 485 g/mol. The number of hydrogen-bond donors (Lipinski definition) is 1. The number of rotatable bonds is 7. The van der Waals surface area contributed by atoms with Gasteiger partial charge in [-0.05, 0) is 81.0 Å². The highest BCUT2D eigenvalue weighted by Gasteiger charge is 2.21. The molecule has 0 radical (unpaired) electrons. The number of aromatic nitrogens is 1. The number of pyridine rings is 1. The molecule has 0 saturated heterocycles. The molecule has 0 aliphatic rings. The van der Waals surface area contributed by atoms with Gasteiger partial charge in [-0.1, -0.05) is 17.4 Å². The summed E-state index contributed by atoms with van der Waals surface area (Å²) >= 11 is 7.76. The molecule has 1 aromatic heterocycles. The van der Waals surface area contributed by atoms with Crippen LogP contribution in [-0.4, -0.2) is 34.4 Å². The Balaban J connectivity index is 2.10. The minimum Gasteiger partial charge on any atom is -0.484 e. The molecule has 1 heterocycles. The van der Waals surface area contributed by atoms with Crippen LogP contribution in [0.3, 0.4) is 0 Å². The summed E-state index contributed by atoms with van der Waals surface area (Å²) in [5.74, 6) is 0.774. The first kappa shape index (κ1) is 20.8.